The second kappa shape index (κ2) is 7.86. The van der Waals surface area contributed by atoms with Crippen LogP contribution >= 0.6 is 0 Å². The van der Waals surface area contributed by atoms with Crippen LogP contribution in [-0.2, 0) is 14.8 Å². The Labute approximate surface area is 147 Å². The third-order valence-corrected chi connectivity index (χ3v) is 5.85. The number of rotatable bonds is 7. The highest BCUT2D eigenvalue weighted by atomic mass is 32.2. The fraction of sp³-hybridized carbons (Fsp3) is 0.529. The summed E-state index contributed by atoms with van der Waals surface area (Å²) in [6, 6.07) is 5.16. The van der Waals surface area contributed by atoms with Gasteiger partial charge in [-0.15, -0.1) is 0 Å². The summed E-state index contributed by atoms with van der Waals surface area (Å²) in [4.78, 5) is 11.9. The van der Waals surface area contributed by atoms with Crippen molar-refractivity contribution >= 4 is 27.1 Å². The van der Waals surface area contributed by atoms with Crippen LogP contribution in [0.15, 0.2) is 30.6 Å². The summed E-state index contributed by atoms with van der Waals surface area (Å²) in [6.07, 6.45) is 9.69. The molecule has 0 aliphatic heterocycles. The van der Waals surface area contributed by atoms with Crippen molar-refractivity contribution in [1.29, 1.82) is 0 Å². The molecule has 1 fully saturated rings. The van der Waals surface area contributed by atoms with Crippen molar-refractivity contribution in [1.82, 2.24) is 14.9 Å². The molecule has 2 N–H and O–H groups in total. The minimum atomic E-state index is -3.51. The summed E-state index contributed by atoms with van der Waals surface area (Å²) in [5, 5.41) is 6.79. The predicted octanol–water partition coefficient (Wildman–Crippen LogP) is 2.16. The van der Waals surface area contributed by atoms with Crippen LogP contribution < -0.4 is 10.0 Å². The molecule has 2 aromatic rings. The van der Waals surface area contributed by atoms with Gasteiger partial charge in [0.2, 0.25) is 15.9 Å². The molecule has 8 heteroatoms. The van der Waals surface area contributed by atoms with Crippen molar-refractivity contribution in [2.75, 3.05) is 17.0 Å². The van der Waals surface area contributed by atoms with E-state index in [0.717, 1.165) is 18.4 Å². The zero-order chi connectivity index (χ0) is 17.7. The minimum Gasteiger partial charge on any atom is -0.355 e. The van der Waals surface area contributed by atoms with Gasteiger partial charge >= 0.3 is 0 Å². The van der Waals surface area contributed by atoms with E-state index in [-0.39, 0.29) is 18.2 Å². The fourth-order valence-electron chi connectivity index (χ4n) is 3.27. The van der Waals surface area contributed by atoms with Crippen LogP contribution in [0.2, 0.25) is 0 Å². The molecule has 1 amide bonds. The van der Waals surface area contributed by atoms with E-state index in [4.69, 9.17) is 0 Å². The van der Waals surface area contributed by atoms with Crippen molar-refractivity contribution in [3.8, 4) is 0 Å². The number of sulfonamides is 1. The normalized spacial score (nSPS) is 16.0. The molecule has 3 rings (SSSR count). The molecule has 1 saturated carbocycles. The number of fused-ring (bicyclic) bond motifs is 1. The first-order valence-corrected chi connectivity index (χ1v) is 10.4. The van der Waals surface area contributed by atoms with Crippen LogP contribution in [0.4, 0.5) is 5.69 Å². The number of nitrogens with zero attached hydrogens (tertiary/aromatic N) is 2. The van der Waals surface area contributed by atoms with Crippen LogP contribution in [0, 0.1) is 5.92 Å². The molecular formula is C17H24N4O3S. The first-order chi connectivity index (χ1) is 12.0. The van der Waals surface area contributed by atoms with E-state index < -0.39 is 10.0 Å². The van der Waals surface area contributed by atoms with E-state index in [9.17, 15) is 13.2 Å². The quantitative estimate of drug-likeness (QED) is 0.787. The van der Waals surface area contributed by atoms with E-state index in [2.05, 4.69) is 15.1 Å². The van der Waals surface area contributed by atoms with Gasteiger partial charge in [0, 0.05) is 25.4 Å². The molecule has 0 saturated heterocycles. The van der Waals surface area contributed by atoms with Crippen molar-refractivity contribution in [3.63, 3.8) is 0 Å². The fourth-order valence-corrected chi connectivity index (χ4v) is 4.23. The van der Waals surface area contributed by atoms with E-state index in [1.54, 1.807) is 35.1 Å². The Balaban J connectivity index is 1.45. The molecule has 2 heterocycles. The maximum atomic E-state index is 12.2. The molecule has 0 radical (unpaired) electrons. The second-order valence-corrected chi connectivity index (χ2v) is 8.44. The molecule has 0 bridgehead atoms. The Kier molecular flexibility index (Phi) is 5.57. The highest BCUT2D eigenvalue weighted by molar-refractivity contribution is 7.92. The Bertz CT molecular complexity index is 825. The van der Waals surface area contributed by atoms with Crippen LogP contribution in [0.3, 0.4) is 0 Å². The van der Waals surface area contributed by atoms with E-state index in [0.29, 0.717) is 18.0 Å². The van der Waals surface area contributed by atoms with Gasteiger partial charge in [0.05, 0.1) is 17.0 Å². The van der Waals surface area contributed by atoms with Crippen LogP contribution in [-0.4, -0.2) is 36.2 Å². The summed E-state index contributed by atoms with van der Waals surface area (Å²) >= 11 is 0. The maximum Gasteiger partial charge on any atom is 0.234 e. The number of pyridine rings is 1. The second-order valence-electron chi connectivity index (χ2n) is 6.60. The topological polar surface area (TPSA) is 92.6 Å². The number of hydrogen-bond donors (Lipinski definition) is 2. The molecule has 0 atom stereocenters. The number of aromatic nitrogens is 2. The molecule has 25 heavy (non-hydrogen) atoms. The lowest BCUT2D eigenvalue weighted by atomic mass is 9.87. The Morgan fingerprint density at radius 1 is 1.24 bits per heavy atom. The van der Waals surface area contributed by atoms with Crippen molar-refractivity contribution < 1.29 is 13.2 Å². The number of anilines is 1. The molecule has 2 aromatic heterocycles. The van der Waals surface area contributed by atoms with Gasteiger partial charge in [0.15, 0.2) is 0 Å². The van der Waals surface area contributed by atoms with Crippen LogP contribution in [0.25, 0.3) is 5.52 Å². The summed E-state index contributed by atoms with van der Waals surface area (Å²) in [7, 11) is -3.51. The lowest BCUT2D eigenvalue weighted by Crippen LogP contribution is -2.32. The van der Waals surface area contributed by atoms with E-state index >= 15 is 0 Å². The van der Waals surface area contributed by atoms with Crippen LogP contribution in [0.5, 0.6) is 0 Å². The summed E-state index contributed by atoms with van der Waals surface area (Å²) < 4.78 is 28.5. The largest absolute Gasteiger partial charge is 0.355 e. The van der Waals surface area contributed by atoms with Gasteiger partial charge in [-0.2, -0.15) is 5.10 Å². The number of carbonyl (C=O) groups is 1. The molecule has 136 valence electrons. The highest BCUT2D eigenvalue weighted by Crippen LogP contribution is 2.26. The third-order valence-electron chi connectivity index (χ3n) is 4.56. The van der Waals surface area contributed by atoms with Crippen LogP contribution in [0.1, 0.15) is 38.5 Å². The monoisotopic (exact) mass is 364 g/mol. The molecule has 0 spiro atoms. The number of nitrogens with one attached hydrogen (secondary N) is 2. The van der Waals surface area contributed by atoms with Gasteiger partial charge in [-0.3, -0.25) is 9.52 Å². The average molecular weight is 364 g/mol. The maximum absolute atomic E-state index is 12.2. The molecule has 0 unspecified atom stereocenters. The third kappa shape index (κ3) is 5.19. The molecule has 7 nitrogen and oxygen atoms in total. The van der Waals surface area contributed by atoms with E-state index in [1.165, 1.54) is 19.3 Å². The Morgan fingerprint density at radius 3 is 2.84 bits per heavy atom. The van der Waals surface area contributed by atoms with E-state index in [1.807, 2.05) is 0 Å². The highest BCUT2D eigenvalue weighted by Gasteiger charge is 2.17. The van der Waals surface area contributed by atoms with Gasteiger partial charge < -0.3 is 5.32 Å². The molecular weight excluding hydrogens is 340 g/mol. The predicted molar refractivity (Wildman–Crippen MR) is 96.8 cm³/mol. The van der Waals surface area contributed by atoms with Gasteiger partial charge in [-0.25, -0.2) is 12.9 Å². The number of hydrogen-bond acceptors (Lipinski definition) is 4. The minimum absolute atomic E-state index is 0.0530. The average Bonchev–Trinajstić information content (AvgIpc) is 3.02. The number of carbonyl (C=O) groups excluding carboxylic acids is 1. The van der Waals surface area contributed by atoms with Crippen molar-refractivity contribution in [2.24, 2.45) is 5.92 Å². The smallest absolute Gasteiger partial charge is 0.234 e. The summed E-state index contributed by atoms with van der Waals surface area (Å²) in [5.74, 6) is 0.252. The molecule has 1 aliphatic carbocycles. The first kappa shape index (κ1) is 17.7. The zero-order valence-corrected chi connectivity index (χ0v) is 15.0. The number of amides is 1. The lowest BCUT2D eigenvalue weighted by Gasteiger charge is -2.20. The molecule has 1 aliphatic rings. The van der Waals surface area contributed by atoms with Gasteiger partial charge in [-0.05, 0) is 37.0 Å². The summed E-state index contributed by atoms with van der Waals surface area (Å²) in [5.41, 5.74) is 1.29. The Morgan fingerprint density at radius 2 is 2.04 bits per heavy atom. The zero-order valence-electron chi connectivity index (χ0n) is 14.1. The standard InChI is InChI=1S/C17H24N4O3S/c22-17(12-14-4-2-1-3-5-14)18-9-11-25(23,24)20-15-7-10-21-16(13-15)6-8-19-21/h6-8,10,13-14,20H,1-5,9,11-12H2,(H,18,22). The van der Waals surface area contributed by atoms with Crippen molar-refractivity contribution in [2.45, 2.75) is 38.5 Å². The molecule has 0 aromatic carbocycles. The van der Waals surface area contributed by atoms with Crippen molar-refractivity contribution in [3.05, 3.63) is 30.6 Å². The van der Waals surface area contributed by atoms with Gasteiger partial charge in [0.25, 0.3) is 0 Å². The SMILES string of the molecule is O=C(CC1CCCCC1)NCCS(=O)(=O)Nc1ccn2nccc2c1. The first-order valence-electron chi connectivity index (χ1n) is 8.72. The lowest BCUT2D eigenvalue weighted by molar-refractivity contribution is -0.122. The Hall–Kier alpha value is -2.09. The van der Waals surface area contributed by atoms with Gasteiger partial charge in [-0.1, -0.05) is 19.3 Å². The van der Waals surface area contributed by atoms with Gasteiger partial charge in [0.1, 0.15) is 0 Å². The summed E-state index contributed by atoms with van der Waals surface area (Å²) in [6.45, 7) is 0.121.